The zero-order valence-corrected chi connectivity index (χ0v) is 18.0. The molecule has 3 aliphatic heterocycles. The Morgan fingerprint density at radius 2 is 1.73 bits per heavy atom. The summed E-state index contributed by atoms with van der Waals surface area (Å²) in [7, 11) is 0. The van der Waals surface area contributed by atoms with Crippen molar-refractivity contribution in [1.82, 2.24) is 10.3 Å². The second-order valence-corrected chi connectivity index (χ2v) is 8.35. The molecule has 2 aromatic rings. The summed E-state index contributed by atoms with van der Waals surface area (Å²) in [6, 6.07) is 16.8. The van der Waals surface area contributed by atoms with Crippen LogP contribution in [-0.4, -0.2) is 44.3 Å². The van der Waals surface area contributed by atoms with Crippen LogP contribution in [0, 0.1) is 0 Å². The van der Waals surface area contributed by atoms with Crippen LogP contribution < -0.4 is 15.3 Å². The molecule has 30 heavy (non-hydrogen) atoms. The number of nitrogens with zero attached hydrogens (tertiary/aromatic N) is 3. The summed E-state index contributed by atoms with van der Waals surface area (Å²) in [6.07, 6.45) is 2.29. The van der Waals surface area contributed by atoms with Crippen molar-refractivity contribution in [3.8, 4) is 0 Å². The van der Waals surface area contributed by atoms with E-state index in [2.05, 4.69) is 63.6 Å². The van der Waals surface area contributed by atoms with Crippen molar-refractivity contribution in [2.75, 3.05) is 49.3 Å². The van der Waals surface area contributed by atoms with Gasteiger partial charge in [-0.1, -0.05) is 41.9 Å². The van der Waals surface area contributed by atoms with Gasteiger partial charge in [0.2, 0.25) is 0 Å². The summed E-state index contributed by atoms with van der Waals surface area (Å²) in [5, 5.41) is 2.90. The Morgan fingerprint density at radius 1 is 1.00 bits per heavy atom. The Morgan fingerprint density at radius 3 is 2.53 bits per heavy atom. The Bertz CT molecular complexity index is 996. The molecule has 156 valence electrons. The van der Waals surface area contributed by atoms with Gasteiger partial charge in [0.1, 0.15) is 0 Å². The second kappa shape index (κ2) is 8.25. The highest BCUT2D eigenvalue weighted by Gasteiger charge is 2.29. The van der Waals surface area contributed by atoms with E-state index in [-0.39, 0.29) is 0 Å². The maximum absolute atomic E-state index is 6.42. The summed E-state index contributed by atoms with van der Waals surface area (Å²) in [4.78, 5) is 4.92. The molecule has 3 heterocycles. The molecule has 0 amide bonds. The molecule has 2 aromatic carbocycles. The summed E-state index contributed by atoms with van der Waals surface area (Å²) in [5.74, 6) is 0. The van der Waals surface area contributed by atoms with Crippen molar-refractivity contribution >= 4 is 23.0 Å². The van der Waals surface area contributed by atoms with Gasteiger partial charge in [-0.05, 0) is 36.8 Å². The first-order valence-corrected chi connectivity index (χ1v) is 10.9. The van der Waals surface area contributed by atoms with Crippen LogP contribution in [0.15, 0.2) is 71.6 Å². The fourth-order valence-electron chi connectivity index (χ4n) is 4.47. The minimum absolute atomic E-state index is 0.763. The quantitative estimate of drug-likeness (QED) is 0.799. The number of hydrogen-bond donors (Lipinski definition) is 1. The number of anilines is 2. The number of ether oxygens (including phenoxy) is 1. The number of benzene rings is 2. The molecule has 0 saturated carbocycles. The predicted octanol–water partition coefficient (Wildman–Crippen LogP) is 4.17. The van der Waals surface area contributed by atoms with E-state index in [0.29, 0.717) is 0 Å². The molecule has 0 bridgehead atoms. The molecule has 0 atom stereocenters. The molecule has 0 aliphatic carbocycles. The van der Waals surface area contributed by atoms with E-state index in [1.165, 1.54) is 28.2 Å². The zero-order valence-electron chi connectivity index (χ0n) is 17.3. The number of hydrazine groups is 1. The smallest absolute Gasteiger partial charge is 0.0762 e. The highest BCUT2D eigenvalue weighted by atomic mass is 35.5. The first-order valence-electron chi connectivity index (χ1n) is 10.6. The van der Waals surface area contributed by atoms with Crippen LogP contribution in [0.4, 0.5) is 11.4 Å². The third kappa shape index (κ3) is 3.64. The monoisotopic (exact) mass is 422 g/mol. The lowest BCUT2D eigenvalue weighted by Gasteiger charge is -2.34. The van der Waals surface area contributed by atoms with Crippen LogP contribution in [0.5, 0.6) is 0 Å². The van der Waals surface area contributed by atoms with Crippen LogP contribution in [0.3, 0.4) is 0 Å². The summed E-state index contributed by atoms with van der Waals surface area (Å²) in [6.45, 7) is 8.36. The number of allylic oxidation sites excluding steroid dienone is 1. The van der Waals surface area contributed by atoms with Gasteiger partial charge in [-0.3, -0.25) is 10.4 Å². The van der Waals surface area contributed by atoms with Crippen molar-refractivity contribution in [1.29, 1.82) is 0 Å². The Labute approximate surface area is 183 Å². The lowest BCUT2D eigenvalue weighted by Crippen LogP contribution is -2.37. The largest absolute Gasteiger partial charge is 0.378 e. The maximum atomic E-state index is 6.42. The van der Waals surface area contributed by atoms with Crippen molar-refractivity contribution in [3.05, 3.63) is 82.2 Å². The van der Waals surface area contributed by atoms with Gasteiger partial charge < -0.3 is 14.5 Å². The molecule has 0 spiro atoms. The molecule has 1 N–H and O–H groups in total. The molecule has 0 aromatic heterocycles. The van der Waals surface area contributed by atoms with E-state index in [0.717, 1.165) is 56.6 Å². The molecule has 6 heteroatoms. The van der Waals surface area contributed by atoms with Gasteiger partial charge in [0, 0.05) is 43.1 Å². The standard InChI is InChI=1S/C24H27ClN4O/c1-18-20-17-29(24-9-5-3-7-21(24)25)26-22(20)10-11-28(18)16-19-6-2-4-8-23(19)27-12-14-30-15-13-27/h2-10,26H,11-17H2,1H3. The van der Waals surface area contributed by atoms with E-state index in [1.54, 1.807) is 0 Å². The van der Waals surface area contributed by atoms with Crippen LogP contribution in [0.25, 0.3) is 0 Å². The van der Waals surface area contributed by atoms with Gasteiger partial charge >= 0.3 is 0 Å². The minimum Gasteiger partial charge on any atom is -0.378 e. The topological polar surface area (TPSA) is 31.0 Å². The van der Waals surface area contributed by atoms with Crippen LogP contribution >= 0.6 is 11.6 Å². The minimum atomic E-state index is 0.763. The molecule has 5 nitrogen and oxygen atoms in total. The predicted molar refractivity (Wildman–Crippen MR) is 123 cm³/mol. The SMILES string of the molecule is CC1=C2CN(c3ccccc3Cl)NC2=CCN1Cc1ccccc1N1CCOCC1. The van der Waals surface area contributed by atoms with Gasteiger partial charge in [0.05, 0.1) is 36.2 Å². The van der Waals surface area contributed by atoms with Crippen molar-refractivity contribution in [2.45, 2.75) is 13.5 Å². The number of morpholine rings is 1. The Balaban J connectivity index is 1.37. The van der Waals surface area contributed by atoms with Crippen molar-refractivity contribution in [2.24, 2.45) is 0 Å². The fourth-order valence-corrected chi connectivity index (χ4v) is 4.70. The summed E-state index contributed by atoms with van der Waals surface area (Å²) in [5.41, 5.74) is 11.1. The highest BCUT2D eigenvalue weighted by Crippen LogP contribution is 2.34. The maximum Gasteiger partial charge on any atom is 0.0762 e. The van der Waals surface area contributed by atoms with E-state index in [4.69, 9.17) is 16.3 Å². The third-order valence-corrected chi connectivity index (χ3v) is 6.49. The fraction of sp³-hybridized carbons (Fsp3) is 0.333. The van der Waals surface area contributed by atoms with Crippen molar-refractivity contribution in [3.63, 3.8) is 0 Å². The molecule has 0 radical (unpaired) electrons. The van der Waals surface area contributed by atoms with E-state index in [1.807, 2.05) is 18.2 Å². The Hall–Kier alpha value is -2.63. The molecule has 3 aliphatic rings. The van der Waals surface area contributed by atoms with Gasteiger partial charge in [0.25, 0.3) is 0 Å². The number of fused-ring (bicyclic) bond motifs is 1. The van der Waals surface area contributed by atoms with Gasteiger partial charge in [-0.15, -0.1) is 0 Å². The molecular formula is C24H27ClN4O. The number of nitrogens with one attached hydrogen (secondary N) is 1. The summed E-state index contributed by atoms with van der Waals surface area (Å²) < 4.78 is 5.54. The third-order valence-electron chi connectivity index (χ3n) is 6.17. The van der Waals surface area contributed by atoms with Gasteiger partial charge in [-0.25, -0.2) is 0 Å². The summed E-state index contributed by atoms with van der Waals surface area (Å²) >= 11 is 6.42. The Kier molecular flexibility index (Phi) is 5.32. The van der Waals surface area contributed by atoms with Gasteiger partial charge in [0.15, 0.2) is 0 Å². The van der Waals surface area contributed by atoms with Gasteiger partial charge in [-0.2, -0.15) is 0 Å². The van der Waals surface area contributed by atoms with E-state index in [9.17, 15) is 0 Å². The number of para-hydroxylation sites is 2. The van der Waals surface area contributed by atoms with Crippen molar-refractivity contribution < 1.29 is 4.74 Å². The molecule has 2 saturated heterocycles. The van der Waals surface area contributed by atoms with E-state index < -0.39 is 0 Å². The van der Waals surface area contributed by atoms with Crippen LogP contribution in [0.2, 0.25) is 5.02 Å². The second-order valence-electron chi connectivity index (χ2n) is 7.94. The highest BCUT2D eigenvalue weighted by molar-refractivity contribution is 6.33. The lowest BCUT2D eigenvalue weighted by atomic mass is 10.0. The van der Waals surface area contributed by atoms with E-state index >= 15 is 0 Å². The molecule has 2 fully saturated rings. The first kappa shape index (κ1) is 19.3. The van der Waals surface area contributed by atoms with Crippen LogP contribution in [0.1, 0.15) is 12.5 Å². The lowest BCUT2D eigenvalue weighted by molar-refractivity contribution is 0.122. The normalized spacial score (nSPS) is 19.0. The first-order chi connectivity index (χ1) is 14.7. The molecule has 0 unspecified atom stereocenters. The average molecular weight is 423 g/mol. The zero-order chi connectivity index (χ0) is 20.5. The average Bonchev–Trinajstić information content (AvgIpc) is 3.22. The number of halogens is 1. The molecular weight excluding hydrogens is 396 g/mol. The number of rotatable bonds is 4. The molecule has 5 rings (SSSR count). The number of hydrogen-bond acceptors (Lipinski definition) is 5. The van der Waals surface area contributed by atoms with Crippen LogP contribution in [-0.2, 0) is 11.3 Å².